The van der Waals surface area contributed by atoms with Crippen LogP contribution >= 0.6 is 0 Å². The van der Waals surface area contributed by atoms with E-state index in [0.29, 0.717) is 31.0 Å². The van der Waals surface area contributed by atoms with Crippen molar-refractivity contribution < 1.29 is 9.47 Å². The molecule has 1 rings (SSSR count). The fourth-order valence-corrected chi connectivity index (χ4v) is 2.13. The average Bonchev–Trinajstić information content (AvgIpc) is 2.50. The van der Waals surface area contributed by atoms with E-state index in [1.54, 1.807) is 7.11 Å². The molecule has 0 saturated heterocycles. The molecule has 0 aliphatic heterocycles. The number of unbranched alkanes of at least 4 members (excludes halogenated alkanes) is 3. The number of aryl methyl sites for hydroxylation is 1. The molecule has 0 fully saturated rings. The lowest BCUT2D eigenvalue weighted by Gasteiger charge is -2.17. The summed E-state index contributed by atoms with van der Waals surface area (Å²) in [5.74, 6) is 1.33. The first-order chi connectivity index (χ1) is 11.0. The van der Waals surface area contributed by atoms with E-state index < -0.39 is 0 Å². The van der Waals surface area contributed by atoms with Gasteiger partial charge >= 0.3 is 6.01 Å². The molecule has 0 spiro atoms. The molecule has 0 radical (unpaired) electrons. The maximum atomic E-state index is 5.48. The van der Waals surface area contributed by atoms with Crippen molar-refractivity contribution in [2.45, 2.75) is 32.6 Å². The predicted molar refractivity (Wildman–Crippen MR) is 92.2 cm³/mol. The minimum Gasteiger partial charge on any atom is -0.461 e. The molecule has 0 N–H and O–H groups in total. The summed E-state index contributed by atoms with van der Waals surface area (Å²) in [6, 6.07) is 0.363. The summed E-state index contributed by atoms with van der Waals surface area (Å²) < 4.78 is 10.4. The van der Waals surface area contributed by atoms with Crippen molar-refractivity contribution in [1.29, 1.82) is 0 Å². The van der Waals surface area contributed by atoms with Crippen molar-refractivity contribution in [2.24, 2.45) is 0 Å². The van der Waals surface area contributed by atoms with Crippen LogP contribution in [0.2, 0.25) is 0 Å². The minimum absolute atomic E-state index is 0.363. The molecule has 0 amide bonds. The SMILES string of the molecule is COCCOc1nc(C)nc(N(C)CCCCCCN(C)C)n1. The third kappa shape index (κ3) is 8.66. The van der Waals surface area contributed by atoms with E-state index in [9.17, 15) is 0 Å². The van der Waals surface area contributed by atoms with Crippen LogP contribution in [0.3, 0.4) is 0 Å². The quantitative estimate of drug-likeness (QED) is 0.543. The Bertz CT molecular complexity index is 442. The molecule has 0 atom stereocenters. The molecule has 23 heavy (non-hydrogen) atoms. The van der Waals surface area contributed by atoms with E-state index in [1.807, 2.05) is 14.0 Å². The molecular formula is C16H31N5O2. The van der Waals surface area contributed by atoms with Gasteiger partial charge in [0.1, 0.15) is 12.4 Å². The normalized spacial score (nSPS) is 11.0. The summed E-state index contributed by atoms with van der Waals surface area (Å²) in [7, 11) is 7.87. The van der Waals surface area contributed by atoms with Crippen molar-refractivity contribution in [1.82, 2.24) is 19.9 Å². The lowest BCUT2D eigenvalue weighted by Crippen LogP contribution is -2.22. The van der Waals surface area contributed by atoms with Gasteiger partial charge < -0.3 is 19.3 Å². The largest absolute Gasteiger partial charge is 0.461 e. The summed E-state index contributed by atoms with van der Waals surface area (Å²) in [5.41, 5.74) is 0. The van der Waals surface area contributed by atoms with Gasteiger partial charge in [-0.25, -0.2) is 0 Å². The maximum Gasteiger partial charge on any atom is 0.321 e. The number of anilines is 1. The van der Waals surface area contributed by atoms with Crippen LogP contribution in [-0.4, -0.2) is 74.4 Å². The van der Waals surface area contributed by atoms with E-state index in [-0.39, 0.29) is 0 Å². The Morgan fingerprint density at radius 3 is 2.22 bits per heavy atom. The number of nitrogens with zero attached hydrogens (tertiary/aromatic N) is 5. The average molecular weight is 325 g/mol. The molecule has 0 aliphatic rings. The second-order valence-electron chi connectivity index (χ2n) is 5.95. The zero-order valence-corrected chi connectivity index (χ0v) is 15.2. The molecule has 0 bridgehead atoms. The number of rotatable bonds is 12. The third-order valence-electron chi connectivity index (χ3n) is 3.42. The lowest BCUT2D eigenvalue weighted by molar-refractivity contribution is 0.140. The van der Waals surface area contributed by atoms with Gasteiger partial charge in [0.15, 0.2) is 0 Å². The Morgan fingerprint density at radius 1 is 0.870 bits per heavy atom. The first-order valence-electron chi connectivity index (χ1n) is 8.23. The second-order valence-corrected chi connectivity index (χ2v) is 5.95. The van der Waals surface area contributed by atoms with Crippen molar-refractivity contribution in [3.63, 3.8) is 0 Å². The summed E-state index contributed by atoms with van der Waals surface area (Å²) in [6.07, 6.45) is 4.86. The van der Waals surface area contributed by atoms with E-state index in [2.05, 4.69) is 38.8 Å². The van der Waals surface area contributed by atoms with Gasteiger partial charge in [0.2, 0.25) is 5.95 Å². The van der Waals surface area contributed by atoms with E-state index in [0.717, 1.165) is 19.5 Å². The Labute approximate surface area is 140 Å². The van der Waals surface area contributed by atoms with Gasteiger partial charge in [-0.15, -0.1) is 0 Å². The minimum atomic E-state index is 0.363. The Balaban J connectivity index is 2.38. The van der Waals surface area contributed by atoms with Gasteiger partial charge in [0.25, 0.3) is 0 Å². The number of aromatic nitrogens is 3. The first kappa shape index (κ1) is 19.6. The van der Waals surface area contributed by atoms with Crippen LogP contribution in [0.4, 0.5) is 5.95 Å². The number of hydrogen-bond donors (Lipinski definition) is 0. The molecular weight excluding hydrogens is 294 g/mol. The highest BCUT2D eigenvalue weighted by Crippen LogP contribution is 2.12. The maximum absolute atomic E-state index is 5.48. The smallest absolute Gasteiger partial charge is 0.321 e. The van der Waals surface area contributed by atoms with Gasteiger partial charge in [0.05, 0.1) is 6.61 Å². The molecule has 0 unspecified atom stereocenters. The second kappa shape index (κ2) is 11.1. The lowest BCUT2D eigenvalue weighted by atomic mass is 10.2. The van der Waals surface area contributed by atoms with Crippen LogP contribution in [0.15, 0.2) is 0 Å². The fraction of sp³-hybridized carbons (Fsp3) is 0.812. The van der Waals surface area contributed by atoms with E-state index in [4.69, 9.17) is 9.47 Å². The van der Waals surface area contributed by atoms with Gasteiger partial charge in [-0.05, 0) is 40.4 Å². The van der Waals surface area contributed by atoms with E-state index >= 15 is 0 Å². The molecule has 7 nitrogen and oxygen atoms in total. The topological polar surface area (TPSA) is 63.6 Å². The number of methoxy groups -OCH3 is 1. The Kier molecular flexibility index (Phi) is 9.47. The molecule has 1 heterocycles. The predicted octanol–water partition coefficient (Wildman–Crippen LogP) is 1.76. The highest BCUT2D eigenvalue weighted by Gasteiger charge is 2.09. The van der Waals surface area contributed by atoms with Gasteiger partial charge in [-0.1, -0.05) is 12.8 Å². The van der Waals surface area contributed by atoms with E-state index in [1.165, 1.54) is 19.3 Å². The van der Waals surface area contributed by atoms with Crippen LogP contribution in [0.25, 0.3) is 0 Å². The van der Waals surface area contributed by atoms with Crippen molar-refractivity contribution >= 4 is 5.95 Å². The Hall–Kier alpha value is -1.47. The summed E-state index contributed by atoms with van der Waals surface area (Å²) in [6.45, 7) is 4.90. The first-order valence-corrected chi connectivity index (χ1v) is 8.23. The molecule has 1 aromatic rings. The highest BCUT2D eigenvalue weighted by molar-refractivity contribution is 5.29. The molecule has 0 aliphatic carbocycles. The molecule has 132 valence electrons. The van der Waals surface area contributed by atoms with Crippen molar-refractivity contribution in [3.05, 3.63) is 5.82 Å². The number of ether oxygens (including phenoxy) is 2. The van der Waals surface area contributed by atoms with Crippen LogP contribution in [-0.2, 0) is 4.74 Å². The fourth-order valence-electron chi connectivity index (χ4n) is 2.13. The summed E-state index contributed by atoms with van der Waals surface area (Å²) in [5, 5.41) is 0. The van der Waals surface area contributed by atoms with Gasteiger partial charge in [-0.2, -0.15) is 15.0 Å². The monoisotopic (exact) mass is 325 g/mol. The highest BCUT2D eigenvalue weighted by atomic mass is 16.5. The third-order valence-corrected chi connectivity index (χ3v) is 3.42. The summed E-state index contributed by atoms with van der Waals surface area (Å²) >= 11 is 0. The van der Waals surface area contributed by atoms with Crippen molar-refractivity contribution in [3.8, 4) is 6.01 Å². The van der Waals surface area contributed by atoms with Crippen LogP contribution in [0.1, 0.15) is 31.5 Å². The van der Waals surface area contributed by atoms with Gasteiger partial charge in [-0.3, -0.25) is 0 Å². The van der Waals surface area contributed by atoms with Crippen LogP contribution in [0.5, 0.6) is 6.01 Å². The molecule has 7 heteroatoms. The molecule has 1 aromatic heterocycles. The Morgan fingerprint density at radius 2 is 1.57 bits per heavy atom. The molecule has 0 saturated carbocycles. The van der Waals surface area contributed by atoms with Crippen LogP contribution < -0.4 is 9.64 Å². The van der Waals surface area contributed by atoms with Gasteiger partial charge in [0, 0.05) is 20.7 Å². The standard InChI is InChI=1S/C16H31N5O2/c1-14-17-15(19-16(18-14)23-13-12-22-5)21(4)11-9-7-6-8-10-20(2)3/h6-13H2,1-5H3. The zero-order valence-electron chi connectivity index (χ0n) is 15.2. The zero-order chi connectivity index (χ0) is 17.1. The van der Waals surface area contributed by atoms with Crippen molar-refractivity contribution in [2.75, 3.05) is 59.5 Å². The number of hydrogen-bond acceptors (Lipinski definition) is 7. The van der Waals surface area contributed by atoms with Crippen LogP contribution in [0, 0.1) is 6.92 Å². The molecule has 0 aromatic carbocycles. The summed E-state index contributed by atoms with van der Waals surface area (Å²) in [4.78, 5) is 17.2.